The fraction of sp³-hybridized carbons (Fsp3) is 0.950. The van der Waals surface area contributed by atoms with Crippen molar-refractivity contribution in [2.75, 3.05) is 40.4 Å². The molecule has 0 aromatic rings. The largest absolute Gasteiger partial charge is 0.465 e. The van der Waals surface area contributed by atoms with Crippen LogP contribution in [0.15, 0.2) is 0 Å². The first kappa shape index (κ1) is 65.4. The van der Waals surface area contributed by atoms with Gasteiger partial charge in [-0.2, -0.15) is 0 Å². The van der Waals surface area contributed by atoms with Gasteiger partial charge in [0.05, 0.1) is 25.0 Å². The van der Waals surface area contributed by atoms with E-state index in [0.29, 0.717) is 31.6 Å². The van der Waals surface area contributed by atoms with Crippen LogP contribution in [0.4, 0.5) is 0 Å². The molecule has 7 nitrogen and oxygen atoms in total. The van der Waals surface area contributed by atoms with Crippen LogP contribution < -0.4 is 0 Å². The summed E-state index contributed by atoms with van der Waals surface area (Å²) in [5.41, 5.74) is 0. The standard InChI is InChI=1S/C60H118N2O5/c1-8-13-18-28-37-47-55(44-34-17-12-5)59(64)66-53-41-32-26-22-24-30-38-48-57(62(52-43-51-61(6)7)58(63)50-40-29-19-14-9-2)49-39-31-25-23-27-33-42-54-67-60(65)56(45-35-20-15-10-3)46-36-21-16-11-4/h55-57H,8-54H2,1-7H3. The Labute approximate surface area is 419 Å². The Morgan fingerprint density at radius 2 is 0.642 bits per heavy atom. The second kappa shape index (κ2) is 50.7. The number of ether oxygens (including phenoxy) is 2. The third kappa shape index (κ3) is 41.8. The van der Waals surface area contributed by atoms with Gasteiger partial charge in [-0.1, -0.05) is 240 Å². The third-order valence-corrected chi connectivity index (χ3v) is 14.4. The lowest BCUT2D eigenvalue weighted by atomic mass is 9.94. The molecule has 0 spiro atoms. The highest BCUT2D eigenvalue weighted by atomic mass is 16.5. The zero-order valence-corrected chi connectivity index (χ0v) is 46.4. The number of esters is 2. The molecule has 1 amide bonds. The van der Waals surface area contributed by atoms with E-state index in [-0.39, 0.29) is 23.8 Å². The summed E-state index contributed by atoms with van der Waals surface area (Å²) >= 11 is 0. The van der Waals surface area contributed by atoms with Crippen LogP contribution in [-0.4, -0.2) is 74.1 Å². The first-order valence-corrected chi connectivity index (χ1v) is 30.0. The van der Waals surface area contributed by atoms with Crippen molar-refractivity contribution in [3.05, 3.63) is 0 Å². The molecule has 0 heterocycles. The molecule has 0 bridgehead atoms. The molecule has 0 N–H and O–H groups in total. The van der Waals surface area contributed by atoms with Crippen molar-refractivity contribution in [1.82, 2.24) is 9.80 Å². The summed E-state index contributed by atoms with van der Waals surface area (Å²) in [5, 5.41) is 0. The lowest BCUT2D eigenvalue weighted by Crippen LogP contribution is -2.41. The van der Waals surface area contributed by atoms with Crippen LogP contribution in [0.5, 0.6) is 0 Å². The summed E-state index contributed by atoms with van der Waals surface area (Å²) in [6.07, 6.45) is 49.8. The minimum absolute atomic E-state index is 0.0582. The molecule has 0 fully saturated rings. The van der Waals surface area contributed by atoms with Crippen molar-refractivity contribution in [1.29, 1.82) is 0 Å². The Bertz CT molecular complexity index is 1060. The van der Waals surface area contributed by atoms with Crippen molar-refractivity contribution in [3.63, 3.8) is 0 Å². The molecule has 0 saturated carbocycles. The van der Waals surface area contributed by atoms with Gasteiger partial charge in [0.15, 0.2) is 0 Å². The van der Waals surface area contributed by atoms with E-state index >= 15 is 0 Å². The number of amides is 1. The van der Waals surface area contributed by atoms with E-state index in [9.17, 15) is 14.4 Å². The second-order valence-corrected chi connectivity index (χ2v) is 21.2. The summed E-state index contributed by atoms with van der Waals surface area (Å²) in [7, 11) is 4.28. The third-order valence-electron chi connectivity index (χ3n) is 14.4. The lowest BCUT2D eigenvalue weighted by Gasteiger charge is -2.33. The minimum Gasteiger partial charge on any atom is -0.465 e. The SMILES string of the molecule is CCCCCCCC(=O)N(CCCN(C)C)C(CCCCCCCCCOC(=O)C(CCCCC)CCCCCCC)CCCCCCCCCOC(=O)C(CCCCCC)CCCCCC. The number of carbonyl (C=O) groups is 3. The normalized spacial score (nSPS) is 12.6. The van der Waals surface area contributed by atoms with Crippen molar-refractivity contribution in [2.45, 2.75) is 317 Å². The molecule has 0 saturated heterocycles. The Morgan fingerprint density at radius 3 is 1.03 bits per heavy atom. The molecule has 67 heavy (non-hydrogen) atoms. The van der Waals surface area contributed by atoms with Crippen LogP contribution in [0, 0.1) is 11.8 Å². The van der Waals surface area contributed by atoms with Crippen LogP contribution in [0.3, 0.4) is 0 Å². The number of nitrogens with zero attached hydrogens (tertiary/aromatic N) is 2. The van der Waals surface area contributed by atoms with Gasteiger partial charge in [0.2, 0.25) is 5.91 Å². The van der Waals surface area contributed by atoms with Crippen LogP contribution in [0.25, 0.3) is 0 Å². The van der Waals surface area contributed by atoms with Gasteiger partial charge in [0.1, 0.15) is 0 Å². The zero-order chi connectivity index (χ0) is 49.3. The molecule has 0 radical (unpaired) electrons. The molecule has 2 unspecified atom stereocenters. The average molecular weight is 948 g/mol. The first-order chi connectivity index (χ1) is 32.7. The summed E-state index contributed by atoms with van der Waals surface area (Å²) in [5.74, 6) is 0.693. The Morgan fingerprint density at radius 1 is 0.343 bits per heavy atom. The van der Waals surface area contributed by atoms with E-state index in [1.807, 2.05) is 0 Å². The maximum atomic E-state index is 13.9. The highest BCUT2D eigenvalue weighted by molar-refractivity contribution is 5.76. The molecule has 2 atom stereocenters. The number of carbonyl (C=O) groups excluding carboxylic acids is 3. The summed E-state index contributed by atoms with van der Waals surface area (Å²) in [6.45, 7) is 14.3. The highest BCUT2D eigenvalue weighted by Crippen LogP contribution is 2.24. The topological polar surface area (TPSA) is 76.2 Å². The van der Waals surface area contributed by atoms with Crippen molar-refractivity contribution >= 4 is 17.8 Å². The minimum atomic E-state index is 0.0582. The van der Waals surface area contributed by atoms with Crippen LogP contribution in [0.1, 0.15) is 311 Å². The fourth-order valence-corrected chi connectivity index (χ4v) is 9.89. The van der Waals surface area contributed by atoms with Gasteiger partial charge >= 0.3 is 11.9 Å². The van der Waals surface area contributed by atoms with Gasteiger partial charge in [0.25, 0.3) is 0 Å². The van der Waals surface area contributed by atoms with E-state index in [0.717, 1.165) is 122 Å². The molecular formula is C60H118N2O5. The monoisotopic (exact) mass is 947 g/mol. The second-order valence-electron chi connectivity index (χ2n) is 21.2. The molecule has 0 aromatic heterocycles. The maximum Gasteiger partial charge on any atom is 0.308 e. The van der Waals surface area contributed by atoms with Gasteiger partial charge in [-0.25, -0.2) is 0 Å². The molecule has 0 aliphatic carbocycles. The van der Waals surface area contributed by atoms with E-state index < -0.39 is 0 Å². The van der Waals surface area contributed by atoms with Gasteiger partial charge in [-0.15, -0.1) is 0 Å². The fourth-order valence-electron chi connectivity index (χ4n) is 9.89. The number of hydrogen-bond donors (Lipinski definition) is 0. The quantitative estimate of drug-likeness (QED) is 0.0447. The zero-order valence-electron chi connectivity index (χ0n) is 46.4. The smallest absolute Gasteiger partial charge is 0.308 e. The molecule has 7 heteroatoms. The predicted octanol–water partition coefficient (Wildman–Crippen LogP) is 17.9. The van der Waals surface area contributed by atoms with Gasteiger partial charge < -0.3 is 19.3 Å². The molecular weight excluding hydrogens is 829 g/mol. The molecule has 0 rings (SSSR count). The Kier molecular flexibility index (Phi) is 49.5. The van der Waals surface area contributed by atoms with Crippen LogP contribution in [0.2, 0.25) is 0 Å². The molecule has 0 aliphatic heterocycles. The summed E-state index contributed by atoms with van der Waals surface area (Å²) in [6, 6.07) is 0.346. The summed E-state index contributed by atoms with van der Waals surface area (Å²) in [4.78, 5) is 44.5. The van der Waals surface area contributed by atoms with Gasteiger partial charge in [-0.05, 0) is 84.8 Å². The predicted molar refractivity (Wildman–Crippen MR) is 290 cm³/mol. The van der Waals surface area contributed by atoms with Crippen LogP contribution in [-0.2, 0) is 23.9 Å². The Hall–Kier alpha value is -1.63. The summed E-state index contributed by atoms with van der Waals surface area (Å²) < 4.78 is 11.7. The van der Waals surface area contributed by atoms with E-state index in [1.165, 1.54) is 161 Å². The number of rotatable bonds is 53. The van der Waals surface area contributed by atoms with E-state index in [4.69, 9.17) is 9.47 Å². The van der Waals surface area contributed by atoms with E-state index in [2.05, 4.69) is 58.5 Å². The van der Waals surface area contributed by atoms with Crippen molar-refractivity contribution < 1.29 is 23.9 Å². The molecule has 0 aliphatic rings. The molecule has 0 aromatic carbocycles. The lowest BCUT2D eigenvalue weighted by molar-refractivity contribution is -0.150. The number of hydrogen-bond acceptors (Lipinski definition) is 6. The van der Waals surface area contributed by atoms with Crippen LogP contribution >= 0.6 is 0 Å². The van der Waals surface area contributed by atoms with E-state index in [1.54, 1.807) is 0 Å². The molecule has 398 valence electrons. The van der Waals surface area contributed by atoms with Crippen molar-refractivity contribution in [3.8, 4) is 0 Å². The average Bonchev–Trinajstić information content (AvgIpc) is 3.32. The van der Waals surface area contributed by atoms with Crippen molar-refractivity contribution in [2.24, 2.45) is 11.8 Å². The number of unbranched alkanes of at least 4 members (excludes halogenated alkanes) is 28. The van der Waals surface area contributed by atoms with Gasteiger partial charge in [0, 0.05) is 19.0 Å². The first-order valence-electron chi connectivity index (χ1n) is 30.0. The Balaban J connectivity index is 4.93. The van der Waals surface area contributed by atoms with Gasteiger partial charge in [-0.3, -0.25) is 14.4 Å². The highest BCUT2D eigenvalue weighted by Gasteiger charge is 2.24. The maximum absolute atomic E-state index is 13.9.